The largest absolute Gasteiger partial charge is 0.486 e. The molecule has 1 aromatic heterocycles. The molecule has 0 unspecified atom stereocenters. The number of thioether (sulfide) groups is 1. The number of carbonyl (C=O) groups excluding carboxylic acids is 1. The van der Waals surface area contributed by atoms with Crippen molar-refractivity contribution in [3.8, 4) is 5.75 Å². The number of hydrogen-bond acceptors (Lipinski definition) is 5. The lowest BCUT2D eigenvalue weighted by atomic mass is 10.1. The van der Waals surface area contributed by atoms with Gasteiger partial charge in [0.25, 0.3) is 0 Å². The van der Waals surface area contributed by atoms with Crippen molar-refractivity contribution in [3.63, 3.8) is 0 Å². The second kappa shape index (κ2) is 6.62. The van der Waals surface area contributed by atoms with E-state index in [1.807, 2.05) is 32.2 Å². The summed E-state index contributed by atoms with van der Waals surface area (Å²) in [6, 6.07) is 5.95. The molecule has 0 aliphatic carbocycles. The van der Waals surface area contributed by atoms with Gasteiger partial charge in [-0.2, -0.15) is 0 Å². The van der Waals surface area contributed by atoms with Crippen LogP contribution < -0.4 is 10.5 Å². The number of aryl methyl sites for hydroxylation is 2. The number of carbonyl (C=O) groups is 1. The molecule has 1 aromatic carbocycles. The minimum absolute atomic E-state index is 0.185. The number of nitrogens with zero attached hydrogens (tertiary/aromatic N) is 3. The molecule has 0 fully saturated rings. The summed E-state index contributed by atoms with van der Waals surface area (Å²) in [5, 5.41) is 8.73. The summed E-state index contributed by atoms with van der Waals surface area (Å²) in [4.78, 5) is 10.8. The average molecular weight is 306 g/mol. The molecule has 0 saturated carbocycles. The Balaban J connectivity index is 2.00. The molecule has 1 heterocycles. The van der Waals surface area contributed by atoms with Gasteiger partial charge in [0.1, 0.15) is 12.4 Å². The predicted octanol–water partition coefficient (Wildman–Crippen LogP) is 1.59. The number of amides is 1. The molecule has 6 nitrogen and oxygen atoms in total. The average Bonchev–Trinajstić information content (AvgIpc) is 2.78. The highest BCUT2D eigenvalue weighted by Crippen LogP contribution is 2.19. The summed E-state index contributed by atoms with van der Waals surface area (Å²) in [5.41, 5.74) is 7.53. The summed E-state index contributed by atoms with van der Waals surface area (Å²) in [6.45, 7) is 4.43. The fourth-order valence-electron chi connectivity index (χ4n) is 1.68. The molecule has 2 N–H and O–H groups in total. The number of rotatable bonds is 6. The van der Waals surface area contributed by atoms with E-state index in [9.17, 15) is 4.79 Å². The Morgan fingerprint density at radius 1 is 1.33 bits per heavy atom. The molecule has 0 aliphatic heterocycles. The van der Waals surface area contributed by atoms with Crippen molar-refractivity contribution in [2.75, 3.05) is 5.75 Å². The molecule has 0 atom stereocenters. The second-order valence-corrected chi connectivity index (χ2v) is 5.69. The number of benzene rings is 1. The maximum absolute atomic E-state index is 10.8. The second-order valence-electron chi connectivity index (χ2n) is 4.75. The molecule has 21 heavy (non-hydrogen) atoms. The van der Waals surface area contributed by atoms with E-state index in [-0.39, 0.29) is 11.7 Å². The maximum atomic E-state index is 10.8. The highest BCUT2D eigenvalue weighted by atomic mass is 32.2. The Morgan fingerprint density at radius 3 is 2.76 bits per heavy atom. The van der Waals surface area contributed by atoms with Gasteiger partial charge in [-0.15, -0.1) is 10.2 Å². The van der Waals surface area contributed by atoms with Crippen molar-refractivity contribution < 1.29 is 9.53 Å². The maximum Gasteiger partial charge on any atom is 0.227 e. The van der Waals surface area contributed by atoms with Crippen molar-refractivity contribution in [1.82, 2.24) is 14.8 Å². The minimum Gasteiger partial charge on any atom is -0.486 e. The van der Waals surface area contributed by atoms with Gasteiger partial charge in [-0.25, -0.2) is 0 Å². The van der Waals surface area contributed by atoms with Crippen LogP contribution in [-0.4, -0.2) is 26.4 Å². The molecular formula is C14H18N4O2S. The summed E-state index contributed by atoms with van der Waals surface area (Å²) in [5.74, 6) is 1.30. The monoisotopic (exact) mass is 306 g/mol. The first-order valence-electron chi connectivity index (χ1n) is 6.47. The van der Waals surface area contributed by atoms with Crippen LogP contribution in [-0.2, 0) is 18.4 Å². The van der Waals surface area contributed by atoms with Crippen molar-refractivity contribution in [1.29, 1.82) is 0 Å². The topological polar surface area (TPSA) is 83.0 Å². The lowest BCUT2D eigenvalue weighted by molar-refractivity contribution is -0.115. The van der Waals surface area contributed by atoms with Crippen LogP contribution in [0.3, 0.4) is 0 Å². The molecule has 0 radical (unpaired) electrons. The first kappa shape index (κ1) is 15.4. The highest BCUT2D eigenvalue weighted by molar-refractivity contribution is 7.99. The predicted molar refractivity (Wildman–Crippen MR) is 81.2 cm³/mol. The molecule has 0 spiro atoms. The van der Waals surface area contributed by atoms with Gasteiger partial charge in [-0.05, 0) is 37.1 Å². The third kappa shape index (κ3) is 3.98. The van der Waals surface area contributed by atoms with Gasteiger partial charge in [0.05, 0.1) is 5.75 Å². The van der Waals surface area contributed by atoms with Gasteiger partial charge >= 0.3 is 0 Å². The van der Waals surface area contributed by atoms with E-state index < -0.39 is 0 Å². The quantitative estimate of drug-likeness (QED) is 0.819. The Hall–Kier alpha value is -2.02. The molecule has 2 rings (SSSR count). The first-order valence-corrected chi connectivity index (χ1v) is 7.45. The molecular weight excluding hydrogens is 288 g/mol. The van der Waals surface area contributed by atoms with Crippen molar-refractivity contribution >= 4 is 17.7 Å². The summed E-state index contributed by atoms with van der Waals surface area (Å²) >= 11 is 1.26. The number of nitrogens with two attached hydrogens (primary N) is 1. The third-order valence-corrected chi connectivity index (χ3v) is 4.16. The number of hydrogen-bond donors (Lipinski definition) is 1. The van der Waals surface area contributed by atoms with Gasteiger partial charge in [-0.1, -0.05) is 17.8 Å². The highest BCUT2D eigenvalue weighted by Gasteiger charge is 2.11. The molecule has 1 amide bonds. The fraction of sp³-hybridized carbons (Fsp3) is 0.357. The Morgan fingerprint density at radius 2 is 2.10 bits per heavy atom. The van der Waals surface area contributed by atoms with Gasteiger partial charge < -0.3 is 15.0 Å². The SMILES string of the molecule is Cc1ccc(OCc2nnc(SCC(N)=O)n2C)cc1C. The Kier molecular flexibility index (Phi) is 4.85. The van der Waals surface area contributed by atoms with Gasteiger partial charge in [0.2, 0.25) is 5.91 Å². The Labute approximate surface area is 127 Å². The van der Waals surface area contributed by atoms with Crippen LogP contribution in [0, 0.1) is 13.8 Å². The van der Waals surface area contributed by atoms with Gasteiger partial charge in [0.15, 0.2) is 11.0 Å². The zero-order valence-electron chi connectivity index (χ0n) is 12.3. The van der Waals surface area contributed by atoms with Crippen LogP contribution in [0.4, 0.5) is 0 Å². The van der Waals surface area contributed by atoms with Crippen LogP contribution in [0.15, 0.2) is 23.4 Å². The molecule has 0 saturated heterocycles. The van der Waals surface area contributed by atoms with Crippen molar-refractivity contribution in [3.05, 3.63) is 35.2 Å². The van der Waals surface area contributed by atoms with E-state index >= 15 is 0 Å². The van der Waals surface area contributed by atoms with Crippen LogP contribution in [0.25, 0.3) is 0 Å². The summed E-state index contributed by atoms with van der Waals surface area (Å²) < 4.78 is 7.52. The van der Waals surface area contributed by atoms with E-state index in [0.29, 0.717) is 17.6 Å². The first-order chi connectivity index (χ1) is 9.97. The van der Waals surface area contributed by atoms with Crippen LogP contribution in [0.2, 0.25) is 0 Å². The van der Waals surface area contributed by atoms with E-state index in [4.69, 9.17) is 10.5 Å². The van der Waals surface area contributed by atoms with Crippen LogP contribution in [0.5, 0.6) is 5.75 Å². The standard InChI is InChI=1S/C14H18N4O2S/c1-9-4-5-11(6-10(9)2)20-7-13-16-17-14(18(13)3)21-8-12(15)19/h4-6H,7-8H2,1-3H3,(H2,15,19). The molecule has 2 aromatic rings. The number of primary amides is 1. The fourth-order valence-corrected chi connectivity index (χ4v) is 2.35. The lowest BCUT2D eigenvalue weighted by Crippen LogP contribution is -2.13. The van der Waals surface area contributed by atoms with Gasteiger partial charge in [0, 0.05) is 7.05 Å². The number of ether oxygens (including phenoxy) is 1. The van der Waals surface area contributed by atoms with E-state index in [0.717, 1.165) is 5.75 Å². The Bertz CT molecular complexity index is 654. The molecule has 0 aliphatic rings. The van der Waals surface area contributed by atoms with Gasteiger partial charge in [-0.3, -0.25) is 4.79 Å². The third-order valence-electron chi connectivity index (χ3n) is 3.11. The van der Waals surface area contributed by atoms with E-state index in [2.05, 4.69) is 17.1 Å². The van der Waals surface area contributed by atoms with E-state index in [1.165, 1.54) is 22.9 Å². The zero-order valence-corrected chi connectivity index (χ0v) is 13.1. The smallest absolute Gasteiger partial charge is 0.227 e. The number of aromatic nitrogens is 3. The molecule has 7 heteroatoms. The van der Waals surface area contributed by atoms with E-state index in [1.54, 1.807) is 4.57 Å². The minimum atomic E-state index is -0.379. The zero-order chi connectivity index (χ0) is 15.4. The van der Waals surface area contributed by atoms with Crippen LogP contribution in [0.1, 0.15) is 17.0 Å². The van der Waals surface area contributed by atoms with Crippen molar-refractivity contribution in [2.45, 2.75) is 25.6 Å². The summed E-state index contributed by atoms with van der Waals surface area (Å²) in [7, 11) is 1.84. The summed E-state index contributed by atoms with van der Waals surface area (Å²) in [6.07, 6.45) is 0. The lowest BCUT2D eigenvalue weighted by Gasteiger charge is -2.08. The van der Waals surface area contributed by atoms with Crippen LogP contribution >= 0.6 is 11.8 Å². The molecule has 112 valence electrons. The molecule has 0 bridgehead atoms. The van der Waals surface area contributed by atoms with Crippen molar-refractivity contribution in [2.24, 2.45) is 12.8 Å². The normalized spacial score (nSPS) is 10.6.